The van der Waals surface area contributed by atoms with Crippen LogP contribution in [-0.2, 0) is 13.6 Å². The van der Waals surface area contributed by atoms with Crippen LogP contribution in [0, 0.1) is 0 Å². The molecule has 4 heteroatoms. The molecule has 0 amide bonds. The van der Waals surface area contributed by atoms with Crippen molar-refractivity contribution >= 4 is 0 Å². The Morgan fingerprint density at radius 1 is 1.33 bits per heavy atom. The van der Waals surface area contributed by atoms with Crippen LogP contribution in [0.3, 0.4) is 0 Å². The predicted molar refractivity (Wildman–Crippen MR) is 88.5 cm³/mol. The van der Waals surface area contributed by atoms with Crippen molar-refractivity contribution < 1.29 is 0 Å². The van der Waals surface area contributed by atoms with Gasteiger partial charge in [-0.3, -0.25) is 4.68 Å². The molecule has 0 bridgehead atoms. The van der Waals surface area contributed by atoms with Crippen LogP contribution < -0.4 is 5.32 Å². The molecule has 1 aliphatic rings. The summed E-state index contributed by atoms with van der Waals surface area (Å²) >= 11 is 0. The number of hydrogen-bond donors (Lipinski definition) is 1. The van der Waals surface area contributed by atoms with Crippen molar-refractivity contribution in [2.45, 2.75) is 65.0 Å². The molecule has 1 saturated heterocycles. The average molecular weight is 292 g/mol. The van der Waals surface area contributed by atoms with Crippen molar-refractivity contribution in [1.29, 1.82) is 0 Å². The van der Waals surface area contributed by atoms with E-state index in [1.807, 2.05) is 11.7 Å². The Labute approximate surface area is 129 Å². The summed E-state index contributed by atoms with van der Waals surface area (Å²) in [4.78, 5) is 2.62. The molecule has 1 aromatic rings. The number of hydrogen-bond acceptors (Lipinski definition) is 3. The zero-order valence-electron chi connectivity index (χ0n) is 14.2. The molecular formula is C17H32N4. The number of aryl methyl sites for hydroxylation is 1. The van der Waals surface area contributed by atoms with E-state index >= 15 is 0 Å². The van der Waals surface area contributed by atoms with Gasteiger partial charge < -0.3 is 10.2 Å². The molecule has 0 aromatic carbocycles. The first-order valence-corrected chi connectivity index (χ1v) is 8.58. The fraction of sp³-hybridized carbons (Fsp3) is 0.824. The number of likely N-dealkylation sites (tertiary alicyclic amines) is 1. The topological polar surface area (TPSA) is 33.1 Å². The first-order chi connectivity index (χ1) is 10.1. The quantitative estimate of drug-likeness (QED) is 0.839. The molecule has 2 rings (SSSR count). The van der Waals surface area contributed by atoms with Gasteiger partial charge in [-0.2, -0.15) is 5.10 Å². The van der Waals surface area contributed by atoms with Crippen molar-refractivity contribution in [2.75, 3.05) is 19.6 Å². The highest BCUT2D eigenvalue weighted by molar-refractivity contribution is 5.20. The summed E-state index contributed by atoms with van der Waals surface area (Å²) in [6.07, 6.45) is 7.36. The van der Waals surface area contributed by atoms with Crippen molar-refractivity contribution in [3.63, 3.8) is 0 Å². The van der Waals surface area contributed by atoms with Crippen molar-refractivity contribution in [1.82, 2.24) is 20.0 Å². The third kappa shape index (κ3) is 4.82. The highest BCUT2D eigenvalue weighted by Gasteiger charge is 2.19. The van der Waals surface area contributed by atoms with Gasteiger partial charge in [0, 0.05) is 31.4 Å². The van der Waals surface area contributed by atoms with Crippen molar-refractivity contribution in [3.05, 3.63) is 17.5 Å². The minimum absolute atomic E-state index is 0.499. The Kier molecular flexibility index (Phi) is 6.24. The number of nitrogens with one attached hydrogen (secondary N) is 1. The standard InChI is InChI=1S/C17H32N4/c1-5-6-9-21-10-7-16(8-11-21)18-12-15-13-20(4)19-17(15)14(2)3/h13-14,16,18H,5-12H2,1-4H3. The first-order valence-electron chi connectivity index (χ1n) is 8.58. The minimum atomic E-state index is 0.499. The van der Waals surface area contributed by atoms with Crippen LogP contribution in [0.2, 0.25) is 0 Å². The van der Waals surface area contributed by atoms with E-state index in [2.05, 4.69) is 42.3 Å². The number of aromatic nitrogens is 2. The Morgan fingerprint density at radius 3 is 2.67 bits per heavy atom. The molecule has 1 aliphatic heterocycles. The maximum atomic E-state index is 4.59. The van der Waals surface area contributed by atoms with E-state index in [0.717, 1.165) is 6.54 Å². The van der Waals surface area contributed by atoms with E-state index in [1.165, 1.54) is 56.6 Å². The second-order valence-corrected chi connectivity index (χ2v) is 6.72. The lowest BCUT2D eigenvalue weighted by Crippen LogP contribution is -2.42. The van der Waals surface area contributed by atoms with E-state index in [4.69, 9.17) is 0 Å². The molecule has 1 N–H and O–H groups in total. The summed E-state index contributed by atoms with van der Waals surface area (Å²) in [7, 11) is 2.02. The fourth-order valence-corrected chi connectivity index (χ4v) is 3.17. The molecule has 1 fully saturated rings. The lowest BCUT2D eigenvalue weighted by molar-refractivity contribution is 0.195. The van der Waals surface area contributed by atoms with Gasteiger partial charge >= 0.3 is 0 Å². The summed E-state index contributed by atoms with van der Waals surface area (Å²) in [6.45, 7) is 11.5. The lowest BCUT2D eigenvalue weighted by Gasteiger charge is -2.32. The van der Waals surface area contributed by atoms with Crippen LogP contribution >= 0.6 is 0 Å². The molecule has 21 heavy (non-hydrogen) atoms. The second kappa shape index (κ2) is 7.95. The van der Waals surface area contributed by atoms with Gasteiger partial charge in [-0.15, -0.1) is 0 Å². The number of nitrogens with zero attached hydrogens (tertiary/aromatic N) is 3. The normalized spacial score (nSPS) is 17.8. The SMILES string of the molecule is CCCCN1CCC(NCc2cn(C)nc2C(C)C)CC1. The van der Waals surface area contributed by atoms with Gasteiger partial charge in [0.05, 0.1) is 5.69 Å². The van der Waals surface area contributed by atoms with Gasteiger partial charge in [0.15, 0.2) is 0 Å². The zero-order chi connectivity index (χ0) is 15.2. The lowest BCUT2D eigenvalue weighted by atomic mass is 10.0. The molecule has 0 aliphatic carbocycles. The van der Waals surface area contributed by atoms with Gasteiger partial charge in [-0.1, -0.05) is 27.2 Å². The summed E-state index contributed by atoms with van der Waals surface area (Å²) < 4.78 is 1.94. The molecule has 0 unspecified atom stereocenters. The predicted octanol–water partition coefficient (Wildman–Crippen LogP) is 2.90. The molecule has 0 saturated carbocycles. The second-order valence-electron chi connectivity index (χ2n) is 6.72. The highest BCUT2D eigenvalue weighted by atomic mass is 15.3. The Bertz CT molecular complexity index is 416. The van der Waals surface area contributed by atoms with Crippen LogP contribution in [0.25, 0.3) is 0 Å². The van der Waals surface area contributed by atoms with Crippen LogP contribution in [0.5, 0.6) is 0 Å². The first kappa shape index (κ1) is 16.5. The largest absolute Gasteiger partial charge is 0.310 e. The van der Waals surface area contributed by atoms with Crippen molar-refractivity contribution in [2.24, 2.45) is 7.05 Å². The maximum absolute atomic E-state index is 4.59. The average Bonchev–Trinajstić information content (AvgIpc) is 2.85. The summed E-state index contributed by atoms with van der Waals surface area (Å²) in [5.41, 5.74) is 2.60. The van der Waals surface area contributed by atoms with Crippen LogP contribution in [0.1, 0.15) is 63.6 Å². The molecule has 0 radical (unpaired) electrons. The number of piperidine rings is 1. The Balaban J connectivity index is 1.77. The Hall–Kier alpha value is -0.870. The molecule has 0 atom stereocenters. The third-order valence-corrected chi connectivity index (χ3v) is 4.48. The zero-order valence-corrected chi connectivity index (χ0v) is 14.2. The van der Waals surface area contributed by atoms with E-state index in [-0.39, 0.29) is 0 Å². The molecule has 1 aromatic heterocycles. The van der Waals surface area contributed by atoms with E-state index < -0.39 is 0 Å². The van der Waals surface area contributed by atoms with Crippen molar-refractivity contribution in [3.8, 4) is 0 Å². The van der Waals surface area contributed by atoms with E-state index in [0.29, 0.717) is 12.0 Å². The van der Waals surface area contributed by atoms with E-state index in [9.17, 15) is 0 Å². The molecule has 2 heterocycles. The van der Waals surface area contributed by atoms with Crippen LogP contribution in [0.4, 0.5) is 0 Å². The smallest absolute Gasteiger partial charge is 0.0694 e. The van der Waals surface area contributed by atoms with Gasteiger partial charge in [-0.05, 0) is 44.8 Å². The van der Waals surface area contributed by atoms with Crippen LogP contribution in [0.15, 0.2) is 6.20 Å². The monoisotopic (exact) mass is 292 g/mol. The molecular weight excluding hydrogens is 260 g/mol. The number of rotatable bonds is 7. The van der Waals surface area contributed by atoms with Crippen LogP contribution in [-0.4, -0.2) is 40.4 Å². The number of unbranched alkanes of at least 4 members (excludes halogenated alkanes) is 1. The summed E-state index contributed by atoms with van der Waals surface area (Å²) in [5.74, 6) is 0.499. The van der Waals surface area contributed by atoms with Gasteiger partial charge in [0.2, 0.25) is 0 Å². The van der Waals surface area contributed by atoms with Gasteiger partial charge in [0.1, 0.15) is 0 Å². The third-order valence-electron chi connectivity index (χ3n) is 4.48. The Morgan fingerprint density at radius 2 is 2.05 bits per heavy atom. The minimum Gasteiger partial charge on any atom is -0.310 e. The molecule has 120 valence electrons. The molecule has 4 nitrogen and oxygen atoms in total. The van der Waals surface area contributed by atoms with Gasteiger partial charge in [-0.25, -0.2) is 0 Å². The summed E-state index contributed by atoms with van der Waals surface area (Å²) in [5, 5.41) is 8.33. The maximum Gasteiger partial charge on any atom is 0.0694 e. The van der Waals surface area contributed by atoms with Gasteiger partial charge in [0.25, 0.3) is 0 Å². The summed E-state index contributed by atoms with van der Waals surface area (Å²) in [6, 6.07) is 0.670. The highest BCUT2D eigenvalue weighted by Crippen LogP contribution is 2.18. The fourth-order valence-electron chi connectivity index (χ4n) is 3.17. The molecule has 0 spiro atoms. The van der Waals surface area contributed by atoms with E-state index in [1.54, 1.807) is 0 Å².